The van der Waals surface area contributed by atoms with E-state index in [1.165, 1.54) is 24.5 Å². The normalized spacial score (nSPS) is 13.6. The van der Waals surface area contributed by atoms with Crippen LogP contribution in [-0.4, -0.2) is 22.4 Å². The summed E-state index contributed by atoms with van der Waals surface area (Å²) < 4.78 is 44.7. The summed E-state index contributed by atoms with van der Waals surface area (Å²) >= 11 is 6.40. The lowest BCUT2D eigenvalue weighted by Crippen LogP contribution is -2.35. The van der Waals surface area contributed by atoms with Crippen molar-refractivity contribution in [3.8, 4) is 11.5 Å². The zero-order chi connectivity index (χ0) is 29.0. The molecule has 41 heavy (non-hydrogen) atoms. The largest absolute Gasteiger partial charge is 0.456 e. The lowest BCUT2D eigenvalue weighted by molar-refractivity contribution is -0.137. The van der Waals surface area contributed by atoms with Gasteiger partial charge in [-0.25, -0.2) is 9.97 Å². The SMILES string of the molecule is NC(NC(=O)C1=Cc2c(ncnc2Nc2ccc(Oc3cccc(C(F)(F)F)c3)c(Cl)c2)NCC1)c1ccccc1. The number of nitrogens with zero attached hydrogens (tertiary/aromatic N) is 2. The van der Waals surface area contributed by atoms with E-state index < -0.39 is 17.9 Å². The van der Waals surface area contributed by atoms with E-state index >= 15 is 0 Å². The zero-order valence-corrected chi connectivity index (χ0v) is 22.1. The third-order valence-electron chi connectivity index (χ3n) is 6.21. The van der Waals surface area contributed by atoms with Crippen molar-refractivity contribution in [1.82, 2.24) is 15.3 Å². The molecule has 0 saturated carbocycles. The summed E-state index contributed by atoms with van der Waals surface area (Å²) in [7, 11) is 0. The molecule has 1 aliphatic heterocycles. The van der Waals surface area contributed by atoms with E-state index in [0.29, 0.717) is 41.4 Å². The number of benzene rings is 3. The molecule has 1 amide bonds. The van der Waals surface area contributed by atoms with Crippen molar-refractivity contribution in [2.75, 3.05) is 17.2 Å². The Bertz CT molecular complexity index is 1600. The Kier molecular flexibility index (Phi) is 8.09. The van der Waals surface area contributed by atoms with Crippen LogP contribution in [0.15, 0.2) is 84.7 Å². The fourth-order valence-electron chi connectivity index (χ4n) is 4.15. The van der Waals surface area contributed by atoms with E-state index in [1.807, 2.05) is 30.3 Å². The first-order valence-electron chi connectivity index (χ1n) is 12.5. The second-order valence-corrected chi connectivity index (χ2v) is 9.50. The Labute approximate surface area is 238 Å². The van der Waals surface area contributed by atoms with Gasteiger partial charge >= 0.3 is 6.18 Å². The minimum absolute atomic E-state index is 0.00226. The van der Waals surface area contributed by atoms with Crippen molar-refractivity contribution in [3.05, 3.63) is 106 Å². The van der Waals surface area contributed by atoms with Gasteiger partial charge in [0.05, 0.1) is 16.1 Å². The number of ether oxygens (including phenoxy) is 1. The van der Waals surface area contributed by atoms with Crippen molar-refractivity contribution in [2.45, 2.75) is 18.8 Å². The molecular formula is C29H24ClF3N6O2. The summed E-state index contributed by atoms with van der Waals surface area (Å²) in [6, 6.07) is 18.5. The molecule has 0 spiro atoms. The Balaban J connectivity index is 1.35. The number of nitrogens with two attached hydrogens (primary N) is 1. The van der Waals surface area contributed by atoms with Gasteiger partial charge in [0.1, 0.15) is 35.6 Å². The molecule has 5 rings (SSSR count). The molecule has 5 N–H and O–H groups in total. The van der Waals surface area contributed by atoms with Crippen LogP contribution in [0.5, 0.6) is 11.5 Å². The minimum atomic E-state index is -4.50. The molecule has 0 aliphatic carbocycles. The Hall–Kier alpha value is -4.61. The molecule has 0 radical (unpaired) electrons. The first-order valence-corrected chi connectivity index (χ1v) is 12.9. The highest BCUT2D eigenvalue weighted by atomic mass is 35.5. The van der Waals surface area contributed by atoms with Crippen LogP contribution in [0.25, 0.3) is 6.08 Å². The van der Waals surface area contributed by atoms with Gasteiger partial charge in [-0.15, -0.1) is 0 Å². The maximum Gasteiger partial charge on any atom is 0.416 e. The maximum absolute atomic E-state index is 13.1. The molecule has 0 bridgehead atoms. The lowest BCUT2D eigenvalue weighted by atomic mass is 10.1. The predicted molar refractivity (Wildman–Crippen MR) is 151 cm³/mol. The monoisotopic (exact) mass is 580 g/mol. The summed E-state index contributed by atoms with van der Waals surface area (Å²) in [5, 5.41) is 9.36. The molecule has 2 heterocycles. The van der Waals surface area contributed by atoms with Gasteiger partial charge in [-0.3, -0.25) is 4.79 Å². The molecule has 12 heteroatoms. The number of fused-ring (bicyclic) bond motifs is 1. The molecule has 4 aromatic rings. The van der Waals surface area contributed by atoms with Crippen LogP contribution in [0.1, 0.15) is 29.3 Å². The van der Waals surface area contributed by atoms with Crippen LogP contribution >= 0.6 is 11.6 Å². The lowest BCUT2D eigenvalue weighted by Gasteiger charge is -2.15. The fraction of sp³-hybridized carbons (Fsp3) is 0.138. The fourth-order valence-corrected chi connectivity index (χ4v) is 4.37. The summed E-state index contributed by atoms with van der Waals surface area (Å²) in [6.07, 6.45) is -1.66. The van der Waals surface area contributed by atoms with Gasteiger partial charge < -0.3 is 26.4 Å². The number of halogens is 4. The van der Waals surface area contributed by atoms with Crippen molar-refractivity contribution in [1.29, 1.82) is 0 Å². The van der Waals surface area contributed by atoms with E-state index in [4.69, 9.17) is 22.1 Å². The van der Waals surface area contributed by atoms with Gasteiger partial charge in [0.25, 0.3) is 0 Å². The first-order chi connectivity index (χ1) is 19.7. The number of hydrogen-bond acceptors (Lipinski definition) is 7. The van der Waals surface area contributed by atoms with Crippen LogP contribution in [0.4, 0.5) is 30.5 Å². The summed E-state index contributed by atoms with van der Waals surface area (Å²) in [5.41, 5.74) is 7.71. The molecule has 1 aromatic heterocycles. The number of anilines is 3. The minimum Gasteiger partial charge on any atom is -0.456 e. The van der Waals surface area contributed by atoms with E-state index in [-0.39, 0.29) is 22.4 Å². The first kappa shape index (κ1) is 27.9. The Morgan fingerprint density at radius 2 is 1.85 bits per heavy atom. The van der Waals surface area contributed by atoms with Crippen LogP contribution in [-0.2, 0) is 11.0 Å². The smallest absolute Gasteiger partial charge is 0.416 e. The number of aromatic nitrogens is 2. The molecule has 1 atom stereocenters. The van der Waals surface area contributed by atoms with Gasteiger partial charge in [0, 0.05) is 17.8 Å². The number of nitrogens with one attached hydrogen (secondary N) is 3. The molecule has 0 fully saturated rings. The number of alkyl halides is 3. The highest BCUT2D eigenvalue weighted by Gasteiger charge is 2.30. The van der Waals surface area contributed by atoms with Gasteiger partial charge in [-0.1, -0.05) is 48.0 Å². The maximum atomic E-state index is 13.1. The van der Waals surface area contributed by atoms with Crippen molar-refractivity contribution >= 4 is 40.9 Å². The molecular weight excluding hydrogens is 557 g/mol. The van der Waals surface area contributed by atoms with Crippen molar-refractivity contribution in [2.24, 2.45) is 5.73 Å². The summed E-state index contributed by atoms with van der Waals surface area (Å²) in [5.74, 6) is 0.800. The van der Waals surface area contributed by atoms with Gasteiger partial charge in [-0.2, -0.15) is 13.2 Å². The van der Waals surface area contributed by atoms with Crippen molar-refractivity contribution in [3.63, 3.8) is 0 Å². The highest BCUT2D eigenvalue weighted by molar-refractivity contribution is 6.32. The predicted octanol–water partition coefficient (Wildman–Crippen LogP) is 6.66. The summed E-state index contributed by atoms with van der Waals surface area (Å²) in [4.78, 5) is 21.7. The second-order valence-electron chi connectivity index (χ2n) is 9.09. The molecule has 0 saturated heterocycles. The van der Waals surface area contributed by atoms with Crippen LogP contribution in [0.3, 0.4) is 0 Å². The van der Waals surface area contributed by atoms with E-state index in [9.17, 15) is 18.0 Å². The van der Waals surface area contributed by atoms with Crippen LogP contribution in [0, 0.1) is 0 Å². The van der Waals surface area contributed by atoms with Gasteiger partial charge in [0.2, 0.25) is 5.91 Å². The average molecular weight is 581 g/mol. The number of carbonyl (C=O) groups excluding carboxylic acids is 1. The highest BCUT2D eigenvalue weighted by Crippen LogP contribution is 2.36. The average Bonchev–Trinajstić information content (AvgIpc) is 3.18. The van der Waals surface area contributed by atoms with Crippen molar-refractivity contribution < 1.29 is 22.7 Å². The number of hydrogen-bond donors (Lipinski definition) is 4. The van der Waals surface area contributed by atoms with Crippen LogP contribution < -0.4 is 26.4 Å². The Morgan fingerprint density at radius 3 is 2.61 bits per heavy atom. The zero-order valence-electron chi connectivity index (χ0n) is 21.4. The third kappa shape index (κ3) is 6.76. The number of amides is 1. The topological polar surface area (TPSA) is 114 Å². The standard InChI is InChI=1S/C29H24ClF3N6O2/c30-23-15-20(9-10-24(23)41-21-8-4-7-19(14-21)29(31,32)33)38-27-22-13-18(11-12-35-26(22)36-16-37-27)28(40)39-25(34)17-5-2-1-3-6-17/h1-10,13-16,25H,11-12,34H2,(H,39,40)(H2,35,36,37,38). The van der Waals surface area contributed by atoms with Gasteiger partial charge in [-0.05, 0) is 54.5 Å². The molecule has 210 valence electrons. The third-order valence-corrected chi connectivity index (χ3v) is 6.51. The van der Waals surface area contributed by atoms with E-state index in [0.717, 1.165) is 17.7 Å². The molecule has 1 unspecified atom stereocenters. The Morgan fingerprint density at radius 1 is 1.05 bits per heavy atom. The molecule has 1 aliphatic rings. The number of rotatable bonds is 7. The summed E-state index contributed by atoms with van der Waals surface area (Å²) in [6.45, 7) is 0.469. The molecule has 8 nitrogen and oxygen atoms in total. The second kappa shape index (κ2) is 11.9. The van der Waals surface area contributed by atoms with E-state index in [2.05, 4.69) is 25.9 Å². The quantitative estimate of drug-likeness (QED) is 0.181. The van der Waals surface area contributed by atoms with Crippen LogP contribution in [0.2, 0.25) is 5.02 Å². The number of carbonyl (C=O) groups is 1. The van der Waals surface area contributed by atoms with Gasteiger partial charge in [0.15, 0.2) is 0 Å². The van der Waals surface area contributed by atoms with E-state index in [1.54, 1.807) is 18.2 Å². The molecule has 3 aromatic carbocycles.